The number of anilines is 2. The van der Waals surface area contributed by atoms with Gasteiger partial charge < -0.3 is 15.4 Å². The number of nitrogen functional groups attached to an aromatic ring is 1. The molecule has 6 heteroatoms. The molecule has 20 heavy (non-hydrogen) atoms. The largest absolute Gasteiger partial charge is 0.465 e. The third-order valence-electron chi connectivity index (χ3n) is 3.09. The number of carbonyl (C=O) groups excluding carboxylic acids is 1. The average Bonchev–Trinajstić information content (AvgIpc) is 2.83. The molecule has 0 fully saturated rings. The van der Waals surface area contributed by atoms with Crippen LogP contribution < -0.4 is 10.6 Å². The van der Waals surface area contributed by atoms with E-state index in [9.17, 15) is 4.79 Å². The Balaban J connectivity index is 2.20. The van der Waals surface area contributed by atoms with Crippen molar-refractivity contribution in [3.05, 3.63) is 39.8 Å². The Labute approximate surface area is 122 Å². The van der Waals surface area contributed by atoms with Crippen LogP contribution in [0.1, 0.15) is 20.9 Å². The number of ether oxygens (including phenoxy) is 1. The molecule has 2 N–H and O–H groups in total. The minimum atomic E-state index is -0.385. The summed E-state index contributed by atoms with van der Waals surface area (Å²) in [7, 11) is 3.31. The first-order valence-electron chi connectivity index (χ1n) is 6.11. The highest BCUT2D eigenvalue weighted by molar-refractivity contribution is 7.09. The molecule has 0 saturated heterocycles. The Bertz CT molecular complexity index is 625. The number of rotatable bonds is 4. The van der Waals surface area contributed by atoms with Crippen molar-refractivity contribution in [2.45, 2.75) is 13.5 Å². The molecule has 0 unspecified atom stereocenters. The molecule has 0 saturated carbocycles. The number of esters is 1. The molecule has 2 aromatic rings. The number of carbonyl (C=O) groups is 1. The van der Waals surface area contributed by atoms with E-state index in [2.05, 4.69) is 9.72 Å². The maximum Gasteiger partial charge on any atom is 0.337 e. The monoisotopic (exact) mass is 291 g/mol. The lowest BCUT2D eigenvalue weighted by atomic mass is 10.1. The lowest BCUT2D eigenvalue weighted by molar-refractivity contribution is 0.0601. The summed E-state index contributed by atoms with van der Waals surface area (Å²) in [5, 5.41) is 0. The molecule has 0 aliphatic heterocycles. The molecule has 1 aromatic carbocycles. The molecule has 5 nitrogen and oxygen atoms in total. The predicted molar refractivity (Wildman–Crippen MR) is 81.2 cm³/mol. The zero-order chi connectivity index (χ0) is 14.7. The molecule has 0 amide bonds. The second-order valence-corrected chi connectivity index (χ2v) is 5.42. The highest BCUT2D eigenvalue weighted by atomic mass is 32.1. The van der Waals surface area contributed by atoms with Crippen molar-refractivity contribution >= 4 is 28.7 Å². The number of benzene rings is 1. The predicted octanol–water partition coefficient (Wildman–Crippen LogP) is 2.46. The van der Waals surface area contributed by atoms with Gasteiger partial charge in [-0.25, -0.2) is 9.78 Å². The zero-order valence-corrected chi connectivity index (χ0v) is 12.5. The number of thiazole rings is 1. The second kappa shape index (κ2) is 5.92. The maximum absolute atomic E-state index is 11.4. The van der Waals surface area contributed by atoms with Gasteiger partial charge in [0.25, 0.3) is 0 Å². The minimum Gasteiger partial charge on any atom is -0.465 e. The van der Waals surface area contributed by atoms with Crippen molar-refractivity contribution < 1.29 is 9.53 Å². The first-order valence-corrected chi connectivity index (χ1v) is 6.99. The molecule has 0 aliphatic rings. The van der Waals surface area contributed by atoms with Gasteiger partial charge in [-0.2, -0.15) is 0 Å². The van der Waals surface area contributed by atoms with Crippen LogP contribution >= 0.6 is 11.3 Å². The number of nitrogens with zero attached hydrogens (tertiary/aromatic N) is 2. The lowest BCUT2D eigenvalue weighted by Gasteiger charge is -2.21. The molecular formula is C14H17N3O2S. The van der Waals surface area contributed by atoms with E-state index in [1.807, 2.05) is 30.4 Å². The highest BCUT2D eigenvalue weighted by Crippen LogP contribution is 2.26. The normalized spacial score (nSPS) is 10.3. The minimum absolute atomic E-state index is 0.385. The van der Waals surface area contributed by atoms with Crippen LogP contribution in [-0.4, -0.2) is 25.1 Å². The van der Waals surface area contributed by atoms with E-state index in [0.29, 0.717) is 11.3 Å². The summed E-state index contributed by atoms with van der Waals surface area (Å²) < 4.78 is 4.68. The molecule has 0 radical (unpaired) electrons. The molecule has 0 aliphatic carbocycles. The van der Waals surface area contributed by atoms with Crippen LogP contribution in [0.15, 0.2) is 23.7 Å². The van der Waals surface area contributed by atoms with Crippen LogP contribution in [-0.2, 0) is 11.3 Å². The van der Waals surface area contributed by atoms with Crippen molar-refractivity contribution in [1.82, 2.24) is 4.98 Å². The fourth-order valence-corrected chi connectivity index (χ4v) is 2.76. The molecule has 0 spiro atoms. The standard InChI is InChI=1S/C14H17N3O2S/c1-9-13(20-8-16-9)7-17(2)12-5-4-10(6-11(12)15)14(18)19-3/h4-6,8H,7,15H2,1-3H3. The van der Waals surface area contributed by atoms with Gasteiger partial charge in [-0.3, -0.25) is 0 Å². The Kier molecular flexibility index (Phi) is 4.24. The lowest BCUT2D eigenvalue weighted by Crippen LogP contribution is -2.18. The first kappa shape index (κ1) is 14.3. The van der Waals surface area contributed by atoms with Gasteiger partial charge >= 0.3 is 5.97 Å². The van der Waals surface area contributed by atoms with Gasteiger partial charge in [0.1, 0.15) is 0 Å². The van der Waals surface area contributed by atoms with Crippen LogP contribution in [0, 0.1) is 6.92 Å². The van der Waals surface area contributed by atoms with Crippen molar-refractivity contribution in [3.8, 4) is 0 Å². The van der Waals surface area contributed by atoms with E-state index in [1.165, 1.54) is 12.0 Å². The molecule has 0 atom stereocenters. The van der Waals surface area contributed by atoms with Crippen LogP contribution in [0.3, 0.4) is 0 Å². The fraction of sp³-hybridized carbons (Fsp3) is 0.286. The summed E-state index contributed by atoms with van der Waals surface area (Å²) in [5.74, 6) is -0.385. The van der Waals surface area contributed by atoms with Gasteiger partial charge in [-0.1, -0.05) is 0 Å². The molecular weight excluding hydrogens is 274 g/mol. The van der Waals surface area contributed by atoms with E-state index in [4.69, 9.17) is 5.73 Å². The SMILES string of the molecule is COC(=O)c1ccc(N(C)Cc2scnc2C)c(N)c1. The van der Waals surface area contributed by atoms with Crippen molar-refractivity contribution in [3.63, 3.8) is 0 Å². The summed E-state index contributed by atoms with van der Waals surface area (Å²) in [6.45, 7) is 2.72. The van der Waals surface area contributed by atoms with E-state index in [1.54, 1.807) is 23.5 Å². The average molecular weight is 291 g/mol. The van der Waals surface area contributed by atoms with Crippen LogP contribution in [0.5, 0.6) is 0 Å². The number of methoxy groups -OCH3 is 1. The van der Waals surface area contributed by atoms with Crippen molar-refractivity contribution in [1.29, 1.82) is 0 Å². The third-order valence-corrected chi connectivity index (χ3v) is 4.01. The Morgan fingerprint density at radius 3 is 2.80 bits per heavy atom. The van der Waals surface area contributed by atoms with Crippen molar-refractivity contribution in [2.24, 2.45) is 0 Å². The number of hydrogen-bond donors (Lipinski definition) is 1. The Morgan fingerprint density at radius 2 is 2.25 bits per heavy atom. The van der Waals surface area contributed by atoms with Gasteiger partial charge in [0.2, 0.25) is 0 Å². The van der Waals surface area contributed by atoms with E-state index in [0.717, 1.165) is 17.9 Å². The summed E-state index contributed by atoms with van der Waals surface area (Å²) in [5.41, 5.74) is 10.8. The van der Waals surface area contributed by atoms with Gasteiger partial charge in [0, 0.05) is 11.9 Å². The van der Waals surface area contributed by atoms with E-state index < -0.39 is 0 Å². The molecule has 1 heterocycles. The number of aryl methyl sites for hydroxylation is 1. The van der Waals surface area contributed by atoms with E-state index >= 15 is 0 Å². The molecule has 106 valence electrons. The smallest absolute Gasteiger partial charge is 0.337 e. The second-order valence-electron chi connectivity index (χ2n) is 4.48. The zero-order valence-electron chi connectivity index (χ0n) is 11.7. The molecule has 0 bridgehead atoms. The van der Waals surface area contributed by atoms with Gasteiger partial charge in [-0.05, 0) is 25.1 Å². The van der Waals surface area contributed by atoms with E-state index in [-0.39, 0.29) is 5.97 Å². The van der Waals surface area contributed by atoms with Gasteiger partial charge in [-0.15, -0.1) is 11.3 Å². The summed E-state index contributed by atoms with van der Waals surface area (Å²) in [6, 6.07) is 5.18. The number of aromatic nitrogens is 1. The van der Waals surface area contributed by atoms with Gasteiger partial charge in [0.15, 0.2) is 0 Å². The Hall–Kier alpha value is -2.08. The molecule has 1 aromatic heterocycles. The molecule has 2 rings (SSSR count). The topological polar surface area (TPSA) is 68.5 Å². The quantitative estimate of drug-likeness (QED) is 0.692. The third kappa shape index (κ3) is 2.91. The summed E-state index contributed by atoms with van der Waals surface area (Å²) >= 11 is 1.62. The van der Waals surface area contributed by atoms with Crippen LogP contribution in [0.4, 0.5) is 11.4 Å². The van der Waals surface area contributed by atoms with Crippen LogP contribution in [0.2, 0.25) is 0 Å². The summed E-state index contributed by atoms with van der Waals surface area (Å²) in [6.07, 6.45) is 0. The van der Waals surface area contributed by atoms with Crippen molar-refractivity contribution in [2.75, 3.05) is 24.8 Å². The number of nitrogens with two attached hydrogens (primary N) is 1. The summed E-state index contributed by atoms with van der Waals surface area (Å²) in [4.78, 5) is 18.9. The first-order chi connectivity index (χ1) is 9.52. The maximum atomic E-state index is 11.4. The van der Waals surface area contributed by atoms with Crippen LogP contribution in [0.25, 0.3) is 0 Å². The number of hydrogen-bond acceptors (Lipinski definition) is 6. The highest BCUT2D eigenvalue weighted by Gasteiger charge is 2.12. The van der Waals surface area contributed by atoms with Gasteiger partial charge in [0.05, 0.1) is 41.8 Å². The Morgan fingerprint density at radius 1 is 1.50 bits per heavy atom. The fourth-order valence-electron chi connectivity index (χ4n) is 1.93.